The molecule has 0 saturated carbocycles. The van der Waals surface area contributed by atoms with E-state index in [-0.39, 0.29) is 25.2 Å². The number of hydrogen-bond acceptors (Lipinski definition) is 6. The van der Waals surface area contributed by atoms with Gasteiger partial charge in [0.15, 0.2) is 17.3 Å². The average Bonchev–Trinajstić information content (AvgIpc) is 3.25. The number of carbonyl (C=O) groups excluding carboxylic acids is 2. The highest BCUT2D eigenvalue weighted by atomic mass is 16.6. The summed E-state index contributed by atoms with van der Waals surface area (Å²) in [5.41, 5.74) is 2.20. The zero-order chi connectivity index (χ0) is 20.1. The van der Waals surface area contributed by atoms with Gasteiger partial charge >= 0.3 is 5.97 Å². The molecule has 3 aromatic rings. The molecule has 0 amide bonds. The number of aromatic nitrogens is 2. The van der Waals surface area contributed by atoms with E-state index in [0.717, 1.165) is 11.3 Å². The topological polar surface area (TPSA) is 79.7 Å². The van der Waals surface area contributed by atoms with Crippen molar-refractivity contribution in [3.63, 3.8) is 0 Å². The number of nitrogens with zero attached hydrogens (tertiary/aromatic N) is 2. The SMILES string of the molecule is O=C(CCC(=O)c1ccc2c(c1)OCCO2)OCc1cnn(-c2ccccc2)c1. The van der Waals surface area contributed by atoms with E-state index in [1.165, 1.54) is 0 Å². The van der Waals surface area contributed by atoms with Gasteiger partial charge in [0.05, 0.1) is 18.3 Å². The molecular formula is C22H20N2O5. The van der Waals surface area contributed by atoms with Crippen molar-refractivity contribution in [2.75, 3.05) is 13.2 Å². The van der Waals surface area contributed by atoms with Crippen LogP contribution in [0.15, 0.2) is 60.9 Å². The second kappa shape index (κ2) is 8.60. The number of benzene rings is 2. The monoisotopic (exact) mass is 392 g/mol. The van der Waals surface area contributed by atoms with Crippen molar-refractivity contribution < 1.29 is 23.8 Å². The highest BCUT2D eigenvalue weighted by Crippen LogP contribution is 2.31. The van der Waals surface area contributed by atoms with E-state index in [1.54, 1.807) is 29.1 Å². The normalized spacial score (nSPS) is 12.4. The molecule has 1 aromatic heterocycles. The van der Waals surface area contributed by atoms with Crippen LogP contribution in [-0.4, -0.2) is 34.7 Å². The van der Waals surface area contributed by atoms with Crippen molar-refractivity contribution in [2.24, 2.45) is 0 Å². The van der Waals surface area contributed by atoms with Crippen LogP contribution >= 0.6 is 0 Å². The Morgan fingerprint density at radius 3 is 2.62 bits per heavy atom. The summed E-state index contributed by atoms with van der Waals surface area (Å²) in [6.07, 6.45) is 3.55. The predicted octanol–water partition coefficient (Wildman–Crippen LogP) is 3.35. The third-order valence-corrected chi connectivity index (χ3v) is 4.48. The smallest absolute Gasteiger partial charge is 0.306 e. The number of ketones is 1. The Balaban J connectivity index is 1.26. The third kappa shape index (κ3) is 4.63. The second-order valence-electron chi connectivity index (χ2n) is 6.57. The number of rotatable bonds is 7. The number of Topliss-reactive ketones (excluding diaryl/α,β-unsaturated/α-hetero) is 1. The van der Waals surface area contributed by atoms with Gasteiger partial charge < -0.3 is 14.2 Å². The van der Waals surface area contributed by atoms with E-state index in [0.29, 0.717) is 30.3 Å². The lowest BCUT2D eigenvalue weighted by molar-refractivity contribution is -0.144. The average molecular weight is 392 g/mol. The summed E-state index contributed by atoms with van der Waals surface area (Å²) in [4.78, 5) is 24.4. The first kappa shape index (κ1) is 18.7. The van der Waals surface area contributed by atoms with Crippen LogP contribution in [0.1, 0.15) is 28.8 Å². The van der Waals surface area contributed by atoms with Crippen molar-refractivity contribution in [2.45, 2.75) is 19.4 Å². The van der Waals surface area contributed by atoms with Crippen LogP contribution in [0.2, 0.25) is 0 Å². The standard InChI is InChI=1S/C22H20N2O5/c25-19(17-6-8-20-21(12-17)28-11-10-27-20)7-9-22(26)29-15-16-13-23-24(14-16)18-4-2-1-3-5-18/h1-6,8,12-14H,7,9-11,15H2. The highest BCUT2D eigenvalue weighted by Gasteiger charge is 2.16. The van der Waals surface area contributed by atoms with Crippen LogP contribution in [0.3, 0.4) is 0 Å². The maximum absolute atomic E-state index is 12.4. The molecule has 0 N–H and O–H groups in total. The van der Waals surface area contributed by atoms with Gasteiger partial charge in [-0.3, -0.25) is 9.59 Å². The van der Waals surface area contributed by atoms with Crippen molar-refractivity contribution >= 4 is 11.8 Å². The zero-order valence-corrected chi connectivity index (χ0v) is 15.7. The van der Waals surface area contributed by atoms with Crippen molar-refractivity contribution in [3.8, 4) is 17.2 Å². The fraction of sp³-hybridized carbons (Fsp3) is 0.227. The summed E-state index contributed by atoms with van der Waals surface area (Å²) in [5.74, 6) is 0.613. The summed E-state index contributed by atoms with van der Waals surface area (Å²) < 4.78 is 17.9. The molecule has 2 aromatic carbocycles. The first-order valence-corrected chi connectivity index (χ1v) is 9.36. The molecule has 0 spiro atoms. The van der Waals surface area contributed by atoms with Crippen molar-refractivity contribution in [1.29, 1.82) is 0 Å². The van der Waals surface area contributed by atoms with Gasteiger partial charge in [-0.2, -0.15) is 5.10 Å². The molecule has 4 rings (SSSR count). The van der Waals surface area contributed by atoms with Crippen LogP contribution in [-0.2, 0) is 16.1 Å². The van der Waals surface area contributed by atoms with Crippen LogP contribution in [0.5, 0.6) is 11.5 Å². The van der Waals surface area contributed by atoms with E-state index in [2.05, 4.69) is 5.10 Å². The lowest BCUT2D eigenvalue weighted by Gasteiger charge is -2.18. The lowest BCUT2D eigenvalue weighted by Crippen LogP contribution is -2.16. The maximum atomic E-state index is 12.4. The molecule has 148 valence electrons. The number of esters is 1. The van der Waals surface area contributed by atoms with Crippen LogP contribution in [0.4, 0.5) is 0 Å². The summed E-state index contributed by atoms with van der Waals surface area (Å²) in [7, 11) is 0. The highest BCUT2D eigenvalue weighted by molar-refractivity contribution is 5.98. The minimum Gasteiger partial charge on any atom is -0.486 e. The molecule has 29 heavy (non-hydrogen) atoms. The fourth-order valence-corrected chi connectivity index (χ4v) is 2.97. The number of fused-ring (bicyclic) bond motifs is 1. The lowest BCUT2D eigenvalue weighted by atomic mass is 10.1. The van der Waals surface area contributed by atoms with Gasteiger partial charge in [-0.05, 0) is 30.3 Å². The number of carbonyl (C=O) groups is 2. The molecule has 0 atom stereocenters. The predicted molar refractivity (Wildman–Crippen MR) is 104 cm³/mol. The minimum atomic E-state index is -0.427. The number of ether oxygens (including phenoxy) is 3. The Kier molecular flexibility index (Phi) is 5.56. The summed E-state index contributed by atoms with van der Waals surface area (Å²) in [5, 5.41) is 4.26. The molecule has 7 nitrogen and oxygen atoms in total. The zero-order valence-electron chi connectivity index (χ0n) is 15.7. The Labute approximate surface area is 167 Å². The Morgan fingerprint density at radius 2 is 1.79 bits per heavy atom. The van der Waals surface area contributed by atoms with Gasteiger partial charge in [0.25, 0.3) is 0 Å². The number of para-hydroxylation sites is 1. The molecule has 0 saturated heterocycles. The summed E-state index contributed by atoms with van der Waals surface area (Å²) >= 11 is 0. The largest absolute Gasteiger partial charge is 0.486 e. The minimum absolute atomic E-state index is 0.0140. The Morgan fingerprint density at radius 1 is 1.00 bits per heavy atom. The molecule has 0 radical (unpaired) electrons. The first-order chi connectivity index (χ1) is 14.2. The van der Waals surface area contributed by atoms with Gasteiger partial charge in [0.1, 0.15) is 19.8 Å². The molecular weight excluding hydrogens is 372 g/mol. The van der Waals surface area contributed by atoms with Gasteiger partial charge in [-0.1, -0.05) is 18.2 Å². The molecule has 7 heteroatoms. The van der Waals surface area contributed by atoms with Crippen LogP contribution in [0, 0.1) is 0 Å². The molecule has 0 unspecified atom stereocenters. The molecule has 2 heterocycles. The van der Waals surface area contributed by atoms with Crippen LogP contribution < -0.4 is 9.47 Å². The molecule has 1 aliphatic heterocycles. The fourth-order valence-electron chi connectivity index (χ4n) is 2.97. The quantitative estimate of drug-likeness (QED) is 0.453. The Bertz CT molecular complexity index is 1010. The second-order valence-corrected chi connectivity index (χ2v) is 6.57. The van der Waals surface area contributed by atoms with Crippen molar-refractivity contribution in [1.82, 2.24) is 9.78 Å². The van der Waals surface area contributed by atoms with Gasteiger partial charge in [-0.25, -0.2) is 4.68 Å². The third-order valence-electron chi connectivity index (χ3n) is 4.48. The summed E-state index contributed by atoms with van der Waals surface area (Å²) in [6.45, 7) is 1.07. The molecule has 0 fully saturated rings. The maximum Gasteiger partial charge on any atom is 0.306 e. The molecule has 0 aliphatic carbocycles. The number of hydrogen-bond donors (Lipinski definition) is 0. The van der Waals surface area contributed by atoms with Gasteiger partial charge in [0.2, 0.25) is 0 Å². The van der Waals surface area contributed by atoms with E-state index in [4.69, 9.17) is 14.2 Å². The first-order valence-electron chi connectivity index (χ1n) is 9.36. The van der Waals surface area contributed by atoms with E-state index in [1.807, 2.05) is 36.5 Å². The van der Waals surface area contributed by atoms with Crippen molar-refractivity contribution in [3.05, 3.63) is 72.1 Å². The van der Waals surface area contributed by atoms with Gasteiger partial charge in [0, 0.05) is 23.7 Å². The van der Waals surface area contributed by atoms with E-state index in [9.17, 15) is 9.59 Å². The molecule has 0 bridgehead atoms. The van der Waals surface area contributed by atoms with Crippen LogP contribution in [0.25, 0.3) is 5.69 Å². The van der Waals surface area contributed by atoms with E-state index >= 15 is 0 Å². The molecule has 1 aliphatic rings. The summed E-state index contributed by atoms with van der Waals surface area (Å²) in [6, 6.07) is 14.7. The Hall–Kier alpha value is -3.61. The van der Waals surface area contributed by atoms with Gasteiger partial charge in [-0.15, -0.1) is 0 Å². The van der Waals surface area contributed by atoms with E-state index < -0.39 is 5.97 Å².